The van der Waals surface area contributed by atoms with Crippen molar-refractivity contribution in [3.8, 4) is 0 Å². The second-order valence-electron chi connectivity index (χ2n) is 6.94. The third kappa shape index (κ3) is 4.03. The van der Waals surface area contributed by atoms with Gasteiger partial charge >= 0.3 is 0 Å². The summed E-state index contributed by atoms with van der Waals surface area (Å²) in [4.78, 5) is 14.4. The van der Waals surface area contributed by atoms with Crippen molar-refractivity contribution in [3.63, 3.8) is 0 Å². The summed E-state index contributed by atoms with van der Waals surface area (Å²) in [6.07, 6.45) is 5.01. The Morgan fingerprint density at radius 3 is 2.81 bits per heavy atom. The van der Waals surface area contributed by atoms with E-state index < -0.39 is 0 Å². The highest BCUT2D eigenvalue weighted by molar-refractivity contribution is 5.91. The van der Waals surface area contributed by atoms with Gasteiger partial charge in [-0.3, -0.25) is 9.48 Å². The number of nitrogens with two attached hydrogens (primary N) is 1. The summed E-state index contributed by atoms with van der Waals surface area (Å²) in [6, 6.07) is 0. The van der Waals surface area contributed by atoms with E-state index in [0.717, 1.165) is 25.9 Å². The first-order chi connectivity index (χ1) is 9.91. The van der Waals surface area contributed by atoms with E-state index in [1.165, 1.54) is 6.42 Å². The minimum atomic E-state index is -0.00664. The molecule has 6 nitrogen and oxygen atoms in total. The Kier molecular flexibility index (Phi) is 4.98. The number of amides is 1. The lowest BCUT2D eigenvalue weighted by Gasteiger charge is -2.29. The molecule has 0 saturated carbocycles. The summed E-state index contributed by atoms with van der Waals surface area (Å²) < 4.78 is 1.63. The van der Waals surface area contributed by atoms with E-state index in [1.54, 1.807) is 10.9 Å². The standard InChI is InChI=1S/C15H27N5O/c1-15(2,3)12-5-4-8-19(9-6-12)14(21)13-11-20(10-7-16)18-17-13/h11-12H,4-10,16H2,1-3H3. The van der Waals surface area contributed by atoms with Crippen LogP contribution in [0.3, 0.4) is 0 Å². The molecule has 1 fully saturated rings. The summed E-state index contributed by atoms with van der Waals surface area (Å²) in [7, 11) is 0. The molecule has 1 aliphatic heterocycles. The van der Waals surface area contributed by atoms with Crippen molar-refractivity contribution in [2.75, 3.05) is 19.6 Å². The van der Waals surface area contributed by atoms with Crippen LogP contribution < -0.4 is 5.73 Å². The van der Waals surface area contributed by atoms with Crippen molar-refractivity contribution >= 4 is 5.91 Å². The minimum Gasteiger partial charge on any atom is -0.337 e. The molecule has 0 aliphatic carbocycles. The van der Waals surface area contributed by atoms with E-state index in [4.69, 9.17) is 5.73 Å². The lowest BCUT2D eigenvalue weighted by molar-refractivity contribution is 0.0749. The molecule has 0 spiro atoms. The molecule has 118 valence electrons. The second kappa shape index (κ2) is 6.56. The highest BCUT2D eigenvalue weighted by Crippen LogP contribution is 2.34. The summed E-state index contributed by atoms with van der Waals surface area (Å²) in [5.41, 5.74) is 6.22. The van der Waals surface area contributed by atoms with Gasteiger partial charge in [0.2, 0.25) is 0 Å². The molecule has 0 aromatic carbocycles. The fourth-order valence-corrected chi connectivity index (χ4v) is 2.97. The molecule has 0 radical (unpaired) electrons. The maximum Gasteiger partial charge on any atom is 0.276 e. The van der Waals surface area contributed by atoms with E-state index in [2.05, 4.69) is 31.1 Å². The van der Waals surface area contributed by atoms with E-state index in [-0.39, 0.29) is 5.91 Å². The van der Waals surface area contributed by atoms with Gasteiger partial charge in [-0.2, -0.15) is 0 Å². The molecule has 1 aromatic rings. The van der Waals surface area contributed by atoms with Crippen molar-refractivity contribution in [3.05, 3.63) is 11.9 Å². The number of aromatic nitrogens is 3. The van der Waals surface area contributed by atoms with Crippen molar-refractivity contribution in [2.24, 2.45) is 17.1 Å². The number of likely N-dealkylation sites (tertiary alicyclic amines) is 1. The first-order valence-corrected chi connectivity index (χ1v) is 7.81. The molecule has 2 rings (SSSR count). The Hall–Kier alpha value is -1.43. The van der Waals surface area contributed by atoms with Gasteiger partial charge in [-0.25, -0.2) is 0 Å². The van der Waals surface area contributed by atoms with Crippen LogP contribution in [0.2, 0.25) is 0 Å². The van der Waals surface area contributed by atoms with Gasteiger partial charge in [0.25, 0.3) is 5.91 Å². The quantitative estimate of drug-likeness (QED) is 0.916. The van der Waals surface area contributed by atoms with Crippen LogP contribution in [-0.2, 0) is 6.54 Å². The summed E-state index contributed by atoms with van der Waals surface area (Å²) in [6.45, 7) is 9.56. The predicted octanol–water partition coefficient (Wildman–Crippen LogP) is 1.53. The molecule has 1 aliphatic rings. The molecule has 6 heteroatoms. The largest absolute Gasteiger partial charge is 0.337 e. The van der Waals surface area contributed by atoms with Gasteiger partial charge in [0.15, 0.2) is 5.69 Å². The topological polar surface area (TPSA) is 77.0 Å². The van der Waals surface area contributed by atoms with Crippen LogP contribution in [0.15, 0.2) is 6.20 Å². The number of carbonyl (C=O) groups excluding carboxylic acids is 1. The van der Waals surface area contributed by atoms with E-state index in [9.17, 15) is 4.79 Å². The molecular formula is C15H27N5O. The van der Waals surface area contributed by atoms with Crippen LogP contribution in [0.5, 0.6) is 0 Å². The van der Waals surface area contributed by atoms with Gasteiger partial charge in [0.1, 0.15) is 0 Å². The molecular weight excluding hydrogens is 266 g/mol. The summed E-state index contributed by atoms with van der Waals surface area (Å²) in [5.74, 6) is 0.663. The van der Waals surface area contributed by atoms with Crippen molar-refractivity contribution in [2.45, 2.75) is 46.6 Å². The molecule has 1 saturated heterocycles. The van der Waals surface area contributed by atoms with E-state index >= 15 is 0 Å². The lowest BCUT2D eigenvalue weighted by Crippen LogP contribution is -2.32. The smallest absolute Gasteiger partial charge is 0.276 e. The van der Waals surface area contributed by atoms with Gasteiger partial charge < -0.3 is 10.6 Å². The van der Waals surface area contributed by atoms with Crippen molar-refractivity contribution in [1.82, 2.24) is 19.9 Å². The fourth-order valence-electron chi connectivity index (χ4n) is 2.97. The van der Waals surface area contributed by atoms with Gasteiger partial charge in [0.05, 0.1) is 12.7 Å². The lowest BCUT2D eigenvalue weighted by atomic mass is 9.77. The Morgan fingerprint density at radius 1 is 1.38 bits per heavy atom. The van der Waals surface area contributed by atoms with Gasteiger partial charge in [-0.1, -0.05) is 26.0 Å². The molecule has 1 atom stereocenters. The molecule has 1 amide bonds. The Balaban J connectivity index is 1.99. The van der Waals surface area contributed by atoms with Gasteiger partial charge in [-0.05, 0) is 30.6 Å². The SMILES string of the molecule is CC(C)(C)C1CCCN(C(=O)c2cn(CCN)nn2)CC1. The predicted molar refractivity (Wildman–Crippen MR) is 81.8 cm³/mol. The van der Waals surface area contributed by atoms with E-state index in [0.29, 0.717) is 30.1 Å². The number of nitrogens with zero attached hydrogens (tertiary/aromatic N) is 4. The van der Waals surface area contributed by atoms with Crippen LogP contribution in [0.4, 0.5) is 0 Å². The van der Waals surface area contributed by atoms with Crippen molar-refractivity contribution in [1.29, 1.82) is 0 Å². The number of hydrogen-bond acceptors (Lipinski definition) is 4. The Bertz CT molecular complexity index is 477. The van der Waals surface area contributed by atoms with Crippen molar-refractivity contribution < 1.29 is 4.79 Å². The van der Waals surface area contributed by atoms with Crippen LogP contribution in [0, 0.1) is 11.3 Å². The number of carbonyl (C=O) groups is 1. The average molecular weight is 293 g/mol. The zero-order valence-electron chi connectivity index (χ0n) is 13.4. The molecule has 1 unspecified atom stereocenters. The highest BCUT2D eigenvalue weighted by Gasteiger charge is 2.29. The molecule has 2 heterocycles. The summed E-state index contributed by atoms with van der Waals surface area (Å²) >= 11 is 0. The zero-order chi connectivity index (χ0) is 15.5. The van der Waals surface area contributed by atoms with E-state index in [1.807, 2.05) is 4.90 Å². The van der Waals surface area contributed by atoms with Gasteiger partial charge in [-0.15, -0.1) is 5.10 Å². The monoisotopic (exact) mass is 293 g/mol. The van der Waals surface area contributed by atoms with Crippen LogP contribution in [0.25, 0.3) is 0 Å². The molecule has 21 heavy (non-hydrogen) atoms. The highest BCUT2D eigenvalue weighted by atomic mass is 16.2. The van der Waals surface area contributed by atoms with Crippen LogP contribution in [-0.4, -0.2) is 45.4 Å². The average Bonchev–Trinajstić information content (AvgIpc) is 2.72. The maximum atomic E-state index is 12.5. The molecule has 0 bridgehead atoms. The molecule has 2 N–H and O–H groups in total. The first-order valence-electron chi connectivity index (χ1n) is 7.81. The summed E-state index contributed by atoms with van der Waals surface area (Å²) in [5, 5.41) is 7.91. The zero-order valence-corrected chi connectivity index (χ0v) is 13.4. The number of rotatable bonds is 3. The Labute approximate surface area is 126 Å². The Morgan fingerprint density at radius 2 is 2.14 bits per heavy atom. The third-order valence-electron chi connectivity index (χ3n) is 4.36. The van der Waals surface area contributed by atoms with Crippen LogP contribution in [0.1, 0.15) is 50.5 Å². The fraction of sp³-hybridized carbons (Fsp3) is 0.800. The third-order valence-corrected chi connectivity index (χ3v) is 4.36. The molecule has 1 aromatic heterocycles. The minimum absolute atomic E-state index is 0.00664. The first kappa shape index (κ1) is 15.9. The van der Waals surface area contributed by atoms with Crippen LogP contribution >= 0.6 is 0 Å². The second-order valence-corrected chi connectivity index (χ2v) is 6.94. The maximum absolute atomic E-state index is 12.5. The normalized spacial score (nSPS) is 20.4. The number of hydrogen-bond donors (Lipinski definition) is 1. The van der Waals surface area contributed by atoms with Gasteiger partial charge in [0, 0.05) is 19.6 Å².